The Balaban J connectivity index is 2.31. The maximum atomic E-state index is 14.1. The lowest BCUT2D eigenvalue weighted by Gasteiger charge is -2.16. The third-order valence-electron chi connectivity index (χ3n) is 3.28. The molecule has 114 valence electrons. The van der Waals surface area contributed by atoms with Crippen molar-refractivity contribution >= 4 is 27.5 Å². The van der Waals surface area contributed by atoms with Gasteiger partial charge in [0, 0.05) is 11.6 Å². The molecule has 2 rings (SSSR count). The number of aryl methyl sites for hydroxylation is 1. The Morgan fingerprint density at radius 2 is 2.14 bits per heavy atom. The number of hydrogen-bond donors (Lipinski definition) is 1. The van der Waals surface area contributed by atoms with Crippen molar-refractivity contribution in [1.82, 2.24) is 14.9 Å². The van der Waals surface area contributed by atoms with Gasteiger partial charge in [-0.2, -0.15) is 0 Å². The van der Waals surface area contributed by atoms with Crippen LogP contribution in [0.5, 0.6) is 0 Å². The summed E-state index contributed by atoms with van der Waals surface area (Å²) in [6.45, 7) is 2.06. The van der Waals surface area contributed by atoms with E-state index in [2.05, 4.69) is 37.8 Å². The molecule has 0 radical (unpaired) electrons. The lowest BCUT2D eigenvalue weighted by molar-refractivity contribution is 0.513. The molecule has 0 amide bonds. The minimum Gasteiger partial charge on any atom is -0.312 e. The van der Waals surface area contributed by atoms with Gasteiger partial charge in [-0.1, -0.05) is 17.8 Å². The van der Waals surface area contributed by atoms with Crippen LogP contribution in [0.4, 0.5) is 8.78 Å². The van der Waals surface area contributed by atoms with E-state index in [4.69, 9.17) is 0 Å². The molecule has 3 nitrogen and oxygen atoms in total. The maximum absolute atomic E-state index is 14.1. The molecule has 0 fully saturated rings. The summed E-state index contributed by atoms with van der Waals surface area (Å²) in [6.07, 6.45) is 1.98. The standard InChI is InChI=1S/C14H16BrF2N3S/c1-3-4-11-14(21-20-19-11)12(18-2)7-8-10(16)6-5-9(15)13(8)17/h5-6,12,18H,3-4,7H2,1-2H3. The Morgan fingerprint density at radius 1 is 1.38 bits per heavy atom. The molecule has 1 atom stereocenters. The zero-order valence-electron chi connectivity index (χ0n) is 11.8. The second-order valence-corrected chi connectivity index (χ2v) is 6.34. The van der Waals surface area contributed by atoms with Crippen LogP contribution in [0, 0.1) is 11.6 Å². The Morgan fingerprint density at radius 3 is 2.81 bits per heavy atom. The zero-order valence-corrected chi connectivity index (χ0v) is 14.2. The molecule has 21 heavy (non-hydrogen) atoms. The SMILES string of the molecule is CCCc1nnsc1C(Cc1c(F)ccc(Br)c1F)NC. The van der Waals surface area contributed by atoms with Crippen LogP contribution in [0.3, 0.4) is 0 Å². The summed E-state index contributed by atoms with van der Waals surface area (Å²) in [6, 6.07) is 2.44. The van der Waals surface area contributed by atoms with Gasteiger partial charge in [-0.15, -0.1) is 5.10 Å². The van der Waals surface area contributed by atoms with Gasteiger partial charge in [0.2, 0.25) is 0 Å². The van der Waals surface area contributed by atoms with Crippen LogP contribution in [0.25, 0.3) is 0 Å². The van der Waals surface area contributed by atoms with Crippen molar-refractivity contribution in [1.29, 1.82) is 0 Å². The van der Waals surface area contributed by atoms with Gasteiger partial charge in [-0.3, -0.25) is 0 Å². The quantitative estimate of drug-likeness (QED) is 0.774. The van der Waals surface area contributed by atoms with Crippen LogP contribution in [0.2, 0.25) is 0 Å². The number of halogens is 3. The first-order chi connectivity index (χ1) is 10.1. The van der Waals surface area contributed by atoms with Crippen molar-refractivity contribution in [2.24, 2.45) is 0 Å². The van der Waals surface area contributed by atoms with Crippen LogP contribution in [-0.4, -0.2) is 16.6 Å². The summed E-state index contributed by atoms with van der Waals surface area (Å²) in [5.41, 5.74) is 0.970. The normalized spacial score (nSPS) is 12.6. The van der Waals surface area contributed by atoms with Gasteiger partial charge in [0.15, 0.2) is 0 Å². The highest BCUT2D eigenvalue weighted by Crippen LogP contribution is 2.29. The van der Waals surface area contributed by atoms with Crippen molar-refractivity contribution in [2.45, 2.75) is 32.2 Å². The van der Waals surface area contributed by atoms with Crippen LogP contribution in [0.15, 0.2) is 16.6 Å². The van der Waals surface area contributed by atoms with E-state index < -0.39 is 11.6 Å². The van der Waals surface area contributed by atoms with Gasteiger partial charge >= 0.3 is 0 Å². The monoisotopic (exact) mass is 375 g/mol. The molecule has 0 saturated carbocycles. The van der Waals surface area contributed by atoms with E-state index in [1.54, 1.807) is 7.05 Å². The number of aromatic nitrogens is 2. The van der Waals surface area contributed by atoms with Gasteiger partial charge in [-0.25, -0.2) is 8.78 Å². The molecule has 1 heterocycles. The Kier molecular flexibility index (Phi) is 5.78. The average molecular weight is 376 g/mol. The molecule has 0 saturated heterocycles. The molecule has 7 heteroatoms. The fourth-order valence-corrected chi connectivity index (χ4v) is 3.35. The van der Waals surface area contributed by atoms with E-state index in [1.165, 1.54) is 23.7 Å². The second-order valence-electron chi connectivity index (χ2n) is 4.70. The lowest BCUT2D eigenvalue weighted by Crippen LogP contribution is -2.20. The van der Waals surface area contributed by atoms with Crippen molar-refractivity contribution in [3.05, 3.63) is 44.4 Å². The molecular weight excluding hydrogens is 360 g/mol. The summed E-state index contributed by atoms with van der Waals surface area (Å²) in [5, 5.41) is 7.22. The van der Waals surface area contributed by atoms with Gasteiger partial charge in [0.25, 0.3) is 0 Å². The first-order valence-corrected chi connectivity index (χ1v) is 8.25. The second kappa shape index (κ2) is 7.38. The Labute approximate surface area is 135 Å². The van der Waals surface area contributed by atoms with Gasteiger partial charge in [0.1, 0.15) is 11.6 Å². The van der Waals surface area contributed by atoms with Crippen LogP contribution < -0.4 is 5.32 Å². The summed E-state index contributed by atoms with van der Waals surface area (Å²) in [4.78, 5) is 0.943. The molecular formula is C14H16BrF2N3S. The average Bonchev–Trinajstić information content (AvgIpc) is 2.92. The molecule has 0 spiro atoms. The molecule has 0 aliphatic carbocycles. The summed E-state index contributed by atoms with van der Waals surface area (Å²) in [5.74, 6) is -1.09. The number of rotatable bonds is 6. The van der Waals surface area contributed by atoms with E-state index in [1.807, 2.05) is 0 Å². The van der Waals surface area contributed by atoms with E-state index in [0.29, 0.717) is 0 Å². The summed E-state index contributed by atoms with van der Waals surface area (Å²) < 4.78 is 32.2. The van der Waals surface area contributed by atoms with Crippen molar-refractivity contribution in [2.75, 3.05) is 7.05 Å². The molecule has 0 aliphatic heterocycles. The third-order valence-corrected chi connectivity index (χ3v) is 4.78. The highest BCUT2D eigenvalue weighted by molar-refractivity contribution is 9.10. The summed E-state index contributed by atoms with van der Waals surface area (Å²) in [7, 11) is 1.77. The fraction of sp³-hybridized carbons (Fsp3) is 0.429. The topological polar surface area (TPSA) is 37.8 Å². The predicted molar refractivity (Wildman–Crippen MR) is 83.5 cm³/mol. The molecule has 0 aliphatic rings. The van der Waals surface area contributed by atoms with E-state index in [9.17, 15) is 8.78 Å². The minimum absolute atomic E-state index is 0.0690. The van der Waals surface area contributed by atoms with Gasteiger partial charge in [0.05, 0.1) is 15.0 Å². The molecule has 1 aromatic carbocycles. The number of likely N-dealkylation sites (N-methyl/N-ethyl adjacent to an activating group) is 1. The zero-order chi connectivity index (χ0) is 15.4. The molecule has 1 unspecified atom stereocenters. The Hall–Kier alpha value is -0.920. The number of nitrogens with one attached hydrogen (secondary N) is 1. The maximum Gasteiger partial charge on any atom is 0.143 e. The lowest BCUT2D eigenvalue weighted by atomic mass is 10.0. The van der Waals surface area contributed by atoms with Crippen LogP contribution >= 0.6 is 27.5 Å². The van der Waals surface area contributed by atoms with Crippen LogP contribution in [-0.2, 0) is 12.8 Å². The van der Waals surface area contributed by atoms with E-state index in [-0.39, 0.29) is 22.5 Å². The van der Waals surface area contributed by atoms with Crippen LogP contribution in [0.1, 0.15) is 35.5 Å². The van der Waals surface area contributed by atoms with E-state index in [0.717, 1.165) is 23.4 Å². The highest BCUT2D eigenvalue weighted by atomic mass is 79.9. The largest absolute Gasteiger partial charge is 0.312 e. The van der Waals surface area contributed by atoms with Gasteiger partial charge < -0.3 is 5.32 Å². The minimum atomic E-state index is -0.551. The number of hydrogen-bond acceptors (Lipinski definition) is 4. The molecule has 1 N–H and O–H groups in total. The predicted octanol–water partition coefficient (Wildman–Crippen LogP) is 4.03. The number of nitrogens with zero attached hydrogens (tertiary/aromatic N) is 2. The molecule has 0 bridgehead atoms. The molecule has 1 aromatic heterocycles. The Bertz CT molecular complexity index is 618. The first-order valence-electron chi connectivity index (χ1n) is 6.69. The fourth-order valence-electron chi connectivity index (χ4n) is 2.18. The third kappa shape index (κ3) is 3.64. The van der Waals surface area contributed by atoms with Crippen molar-refractivity contribution in [3.63, 3.8) is 0 Å². The van der Waals surface area contributed by atoms with Gasteiger partial charge in [-0.05, 0) is 59.5 Å². The van der Waals surface area contributed by atoms with Crippen molar-refractivity contribution in [3.8, 4) is 0 Å². The highest BCUT2D eigenvalue weighted by Gasteiger charge is 2.22. The number of benzene rings is 1. The first kappa shape index (κ1) is 16.5. The molecule has 2 aromatic rings. The van der Waals surface area contributed by atoms with Crippen molar-refractivity contribution < 1.29 is 8.78 Å². The van der Waals surface area contributed by atoms with E-state index >= 15 is 0 Å². The summed E-state index contributed by atoms with van der Waals surface area (Å²) >= 11 is 4.37. The smallest absolute Gasteiger partial charge is 0.143 e.